The number of aromatic nitrogens is 3. The van der Waals surface area contributed by atoms with Crippen LogP contribution in [0.25, 0.3) is 0 Å². The van der Waals surface area contributed by atoms with E-state index in [0.717, 1.165) is 28.6 Å². The molecule has 0 aliphatic carbocycles. The van der Waals surface area contributed by atoms with Crippen molar-refractivity contribution in [2.45, 2.75) is 27.1 Å². The van der Waals surface area contributed by atoms with Gasteiger partial charge in [-0.3, -0.25) is 24.1 Å². The Morgan fingerprint density at radius 1 is 0.879 bits per heavy atom. The highest BCUT2D eigenvalue weighted by molar-refractivity contribution is 5.59. The molecule has 0 atom stereocenters. The van der Waals surface area contributed by atoms with E-state index in [1.807, 2.05) is 86.6 Å². The van der Waals surface area contributed by atoms with Gasteiger partial charge in [0.1, 0.15) is 11.5 Å². The Hall–Kier alpha value is -3.97. The van der Waals surface area contributed by atoms with E-state index in [0.29, 0.717) is 31.4 Å². The normalized spacial score (nSPS) is 13.6. The summed E-state index contributed by atoms with van der Waals surface area (Å²) in [5.74, 6) is 2.18. The first kappa shape index (κ1) is 20.9. The van der Waals surface area contributed by atoms with Gasteiger partial charge in [0, 0.05) is 29.7 Å². The second-order valence-electron chi connectivity index (χ2n) is 8.13. The molecule has 2 aromatic heterocycles. The summed E-state index contributed by atoms with van der Waals surface area (Å²) in [5, 5.41) is 0. The van der Waals surface area contributed by atoms with Crippen LogP contribution in [-0.2, 0) is 13.2 Å². The van der Waals surface area contributed by atoms with Crippen LogP contribution in [0.15, 0.2) is 83.8 Å². The number of anilines is 2. The number of rotatable bonds is 5. The van der Waals surface area contributed by atoms with Crippen molar-refractivity contribution in [3.63, 3.8) is 0 Å². The van der Waals surface area contributed by atoms with Gasteiger partial charge < -0.3 is 4.74 Å². The highest BCUT2D eigenvalue weighted by atomic mass is 16.5. The molecule has 0 unspecified atom stereocenters. The molecular formula is C26H25N5O2. The van der Waals surface area contributed by atoms with Gasteiger partial charge in [0.25, 0.3) is 5.56 Å². The number of aryl methyl sites for hydroxylation is 1. The average molecular weight is 440 g/mol. The summed E-state index contributed by atoms with van der Waals surface area (Å²) in [6.07, 6.45) is 1.79. The number of hydrogen-bond donors (Lipinski definition) is 0. The summed E-state index contributed by atoms with van der Waals surface area (Å²) >= 11 is 0. The lowest BCUT2D eigenvalue weighted by molar-refractivity contribution is 0.187. The maximum Gasteiger partial charge on any atom is 0.259 e. The second kappa shape index (κ2) is 8.88. The third-order valence-electron chi connectivity index (χ3n) is 5.78. The van der Waals surface area contributed by atoms with Gasteiger partial charge in [-0.25, -0.2) is 4.98 Å². The van der Waals surface area contributed by atoms with Gasteiger partial charge in [-0.05, 0) is 62.4 Å². The SMILES string of the molecule is Cc1nc2n(c(=O)c1C)CN(Cc1ccccn1)CN2c1ccc(Oc2ccccc2)cc1. The third-order valence-corrected chi connectivity index (χ3v) is 5.78. The first-order valence-corrected chi connectivity index (χ1v) is 10.9. The predicted octanol–water partition coefficient (Wildman–Crippen LogP) is 4.62. The standard InChI is InChI=1S/C26H25N5O2/c1-19-20(2)28-26-30(22-11-13-24(14-12-22)33-23-9-4-3-5-10-23)17-29(18-31(26)25(19)32)16-21-8-6-7-15-27-21/h3-15H,16-18H2,1-2H3. The molecule has 5 rings (SSSR count). The van der Waals surface area contributed by atoms with E-state index >= 15 is 0 Å². The Labute approximate surface area is 192 Å². The van der Waals surface area contributed by atoms with Crippen molar-refractivity contribution >= 4 is 11.6 Å². The minimum Gasteiger partial charge on any atom is -0.457 e. The summed E-state index contributed by atoms with van der Waals surface area (Å²) < 4.78 is 7.68. The number of hydrogen-bond acceptors (Lipinski definition) is 6. The van der Waals surface area contributed by atoms with Crippen LogP contribution in [0.1, 0.15) is 17.0 Å². The zero-order valence-corrected chi connectivity index (χ0v) is 18.7. The number of fused-ring (bicyclic) bond motifs is 1. The van der Waals surface area contributed by atoms with Crippen molar-refractivity contribution in [2.24, 2.45) is 0 Å². The van der Waals surface area contributed by atoms with Gasteiger partial charge in [0.15, 0.2) is 0 Å². The predicted molar refractivity (Wildman–Crippen MR) is 128 cm³/mol. The number of ether oxygens (including phenoxy) is 1. The number of para-hydroxylation sites is 1. The van der Waals surface area contributed by atoms with Crippen molar-refractivity contribution < 1.29 is 4.74 Å². The van der Waals surface area contributed by atoms with Gasteiger partial charge in [0.05, 0.1) is 19.0 Å². The molecule has 1 aliphatic heterocycles. The van der Waals surface area contributed by atoms with Crippen LogP contribution < -0.4 is 15.2 Å². The molecule has 33 heavy (non-hydrogen) atoms. The second-order valence-corrected chi connectivity index (χ2v) is 8.13. The van der Waals surface area contributed by atoms with Crippen LogP contribution in [-0.4, -0.2) is 26.1 Å². The quantitative estimate of drug-likeness (QED) is 0.452. The molecule has 0 fully saturated rings. The van der Waals surface area contributed by atoms with E-state index in [1.54, 1.807) is 10.8 Å². The van der Waals surface area contributed by atoms with Crippen molar-refractivity contribution in [1.82, 2.24) is 19.4 Å². The first-order chi connectivity index (χ1) is 16.1. The lowest BCUT2D eigenvalue weighted by Gasteiger charge is -2.38. The van der Waals surface area contributed by atoms with Crippen LogP contribution in [0.5, 0.6) is 11.5 Å². The van der Waals surface area contributed by atoms with Crippen LogP contribution in [0.2, 0.25) is 0 Å². The summed E-state index contributed by atoms with van der Waals surface area (Å²) in [4.78, 5) is 26.6. The molecule has 0 bridgehead atoms. The van der Waals surface area contributed by atoms with Gasteiger partial charge in [-0.1, -0.05) is 24.3 Å². The van der Waals surface area contributed by atoms with Gasteiger partial charge in [-0.15, -0.1) is 0 Å². The highest BCUT2D eigenvalue weighted by Crippen LogP contribution is 2.30. The molecule has 0 spiro atoms. The van der Waals surface area contributed by atoms with Crippen LogP contribution >= 0.6 is 0 Å². The first-order valence-electron chi connectivity index (χ1n) is 10.9. The van der Waals surface area contributed by atoms with Gasteiger partial charge >= 0.3 is 0 Å². The molecule has 0 saturated carbocycles. The van der Waals surface area contributed by atoms with Gasteiger partial charge in [0.2, 0.25) is 5.95 Å². The highest BCUT2D eigenvalue weighted by Gasteiger charge is 2.27. The molecule has 7 nitrogen and oxygen atoms in total. The average Bonchev–Trinajstić information content (AvgIpc) is 2.85. The molecule has 3 heterocycles. The Kier molecular flexibility index (Phi) is 5.62. The Balaban J connectivity index is 1.48. The summed E-state index contributed by atoms with van der Waals surface area (Å²) in [5.41, 5.74) is 3.29. The van der Waals surface area contributed by atoms with E-state index in [9.17, 15) is 4.79 Å². The van der Waals surface area contributed by atoms with E-state index < -0.39 is 0 Å². The van der Waals surface area contributed by atoms with Crippen LogP contribution in [0, 0.1) is 13.8 Å². The number of pyridine rings is 1. The zero-order chi connectivity index (χ0) is 22.8. The Morgan fingerprint density at radius 3 is 2.33 bits per heavy atom. The monoisotopic (exact) mass is 439 g/mol. The van der Waals surface area contributed by atoms with E-state index in [-0.39, 0.29) is 5.56 Å². The molecule has 4 aromatic rings. The maximum atomic E-state index is 13.1. The fourth-order valence-electron chi connectivity index (χ4n) is 3.92. The minimum atomic E-state index is -0.0164. The lowest BCUT2D eigenvalue weighted by Crippen LogP contribution is -2.47. The number of nitrogens with zero attached hydrogens (tertiary/aromatic N) is 5. The smallest absolute Gasteiger partial charge is 0.259 e. The topological polar surface area (TPSA) is 63.5 Å². The molecule has 2 aromatic carbocycles. The molecular weight excluding hydrogens is 414 g/mol. The fourth-order valence-corrected chi connectivity index (χ4v) is 3.92. The fraction of sp³-hybridized carbons (Fsp3) is 0.192. The molecule has 7 heteroatoms. The maximum absolute atomic E-state index is 13.1. The zero-order valence-electron chi connectivity index (χ0n) is 18.7. The minimum absolute atomic E-state index is 0.0164. The molecule has 0 N–H and O–H groups in total. The molecule has 166 valence electrons. The van der Waals surface area contributed by atoms with Crippen LogP contribution in [0.3, 0.4) is 0 Å². The van der Waals surface area contributed by atoms with Crippen molar-refractivity contribution in [3.05, 3.63) is 106 Å². The summed E-state index contributed by atoms with van der Waals surface area (Å²) in [6, 6.07) is 23.4. The number of benzene rings is 2. The molecule has 0 radical (unpaired) electrons. The molecule has 1 aliphatic rings. The van der Waals surface area contributed by atoms with Crippen LogP contribution in [0.4, 0.5) is 11.6 Å². The Morgan fingerprint density at radius 2 is 1.61 bits per heavy atom. The van der Waals surface area contributed by atoms with E-state index in [1.165, 1.54) is 0 Å². The third kappa shape index (κ3) is 4.36. The van der Waals surface area contributed by atoms with E-state index in [2.05, 4.69) is 14.8 Å². The van der Waals surface area contributed by atoms with Crippen molar-refractivity contribution in [2.75, 3.05) is 11.6 Å². The molecule has 0 amide bonds. The Bertz CT molecular complexity index is 1300. The van der Waals surface area contributed by atoms with Crippen molar-refractivity contribution in [1.29, 1.82) is 0 Å². The molecule has 0 saturated heterocycles. The lowest BCUT2D eigenvalue weighted by atomic mass is 10.2. The van der Waals surface area contributed by atoms with Gasteiger partial charge in [-0.2, -0.15) is 0 Å². The largest absolute Gasteiger partial charge is 0.457 e. The summed E-state index contributed by atoms with van der Waals surface area (Å²) in [6.45, 7) is 5.39. The van der Waals surface area contributed by atoms with E-state index in [4.69, 9.17) is 9.72 Å². The summed E-state index contributed by atoms with van der Waals surface area (Å²) in [7, 11) is 0. The van der Waals surface area contributed by atoms with Crippen molar-refractivity contribution in [3.8, 4) is 11.5 Å².